The molecule has 0 aliphatic heterocycles. The van der Waals surface area contributed by atoms with Crippen LogP contribution in [0.2, 0.25) is 0 Å². The molecule has 1 heterocycles. The first kappa shape index (κ1) is 11.4. The summed E-state index contributed by atoms with van der Waals surface area (Å²) in [4.78, 5) is 16.1. The highest BCUT2D eigenvalue weighted by Gasteiger charge is 2.15. The van der Waals surface area contributed by atoms with Crippen molar-refractivity contribution in [2.45, 2.75) is 6.92 Å². The smallest absolute Gasteiger partial charge is 0.295 e. The Bertz CT molecular complexity index is 409. The largest absolute Gasteiger partial charge is 0.346 e. The highest BCUT2D eigenvalue weighted by molar-refractivity contribution is 7.10. The number of aromatic nitrogens is 1. The number of hydroxylamine groups is 2. The summed E-state index contributed by atoms with van der Waals surface area (Å²) in [5.74, 6) is 0. The number of aryl methyl sites for hydroxylation is 1. The van der Waals surface area contributed by atoms with Crippen molar-refractivity contribution in [3.8, 4) is 6.07 Å². The number of carbonyl (C=O) groups excluding carboxylic acids is 1. The lowest BCUT2D eigenvalue weighted by molar-refractivity contribution is -0.0597. The summed E-state index contributed by atoms with van der Waals surface area (Å²) < 4.78 is 3.97. The molecule has 80 valence electrons. The van der Waals surface area contributed by atoms with Crippen molar-refractivity contribution in [3.63, 3.8) is 0 Å². The van der Waals surface area contributed by atoms with Crippen LogP contribution in [-0.4, -0.2) is 29.6 Å². The second-order valence-electron chi connectivity index (χ2n) is 2.69. The molecule has 0 spiro atoms. The number of nitriles is 1. The van der Waals surface area contributed by atoms with E-state index in [2.05, 4.69) is 14.5 Å². The first-order valence-corrected chi connectivity index (χ1v) is 4.82. The zero-order chi connectivity index (χ0) is 11.4. The van der Waals surface area contributed by atoms with Gasteiger partial charge in [-0.1, -0.05) is 0 Å². The summed E-state index contributed by atoms with van der Waals surface area (Å²) >= 11 is 1.07. The molecule has 2 amide bonds. The highest BCUT2D eigenvalue weighted by Crippen LogP contribution is 2.23. The van der Waals surface area contributed by atoms with Gasteiger partial charge in [-0.3, -0.25) is 10.2 Å². The van der Waals surface area contributed by atoms with E-state index in [-0.39, 0.29) is 0 Å². The Morgan fingerprint density at radius 1 is 1.73 bits per heavy atom. The average molecular weight is 226 g/mol. The first-order valence-electron chi connectivity index (χ1n) is 4.05. The van der Waals surface area contributed by atoms with E-state index in [1.54, 1.807) is 6.92 Å². The van der Waals surface area contributed by atoms with Gasteiger partial charge in [0.05, 0.1) is 12.8 Å². The lowest BCUT2D eigenvalue weighted by atomic mass is 10.3. The second-order valence-corrected chi connectivity index (χ2v) is 3.47. The van der Waals surface area contributed by atoms with Gasteiger partial charge in [0.2, 0.25) is 0 Å². The molecule has 1 aromatic heterocycles. The third-order valence-corrected chi connectivity index (χ3v) is 2.61. The molecule has 0 unspecified atom stereocenters. The van der Waals surface area contributed by atoms with E-state index < -0.39 is 6.03 Å². The molecule has 6 nitrogen and oxygen atoms in total. The van der Waals surface area contributed by atoms with Gasteiger partial charge in [0.1, 0.15) is 16.6 Å². The van der Waals surface area contributed by atoms with Gasteiger partial charge in [-0.2, -0.15) is 9.64 Å². The van der Waals surface area contributed by atoms with Crippen molar-refractivity contribution in [1.29, 1.82) is 5.26 Å². The van der Waals surface area contributed by atoms with E-state index in [1.807, 2.05) is 6.07 Å². The normalized spacial score (nSPS) is 9.47. The fraction of sp³-hybridized carbons (Fsp3) is 0.375. The van der Waals surface area contributed by atoms with Gasteiger partial charge in [-0.15, -0.1) is 0 Å². The van der Waals surface area contributed by atoms with Crippen molar-refractivity contribution < 1.29 is 9.63 Å². The second kappa shape index (κ2) is 4.72. The van der Waals surface area contributed by atoms with E-state index in [9.17, 15) is 4.79 Å². The van der Waals surface area contributed by atoms with Crippen molar-refractivity contribution in [3.05, 3.63) is 11.3 Å². The zero-order valence-corrected chi connectivity index (χ0v) is 9.38. The summed E-state index contributed by atoms with van der Waals surface area (Å²) in [7, 11) is 2.85. The molecule has 15 heavy (non-hydrogen) atoms. The number of urea groups is 1. The van der Waals surface area contributed by atoms with Crippen LogP contribution < -0.4 is 5.32 Å². The zero-order valence-electron chi connectivity index (χ0n) is 8.57. The molecule has 1 rings (SSSR count). The van der Waals surface area contributed by atoms with E-state index in [0.29, 0.717) is 16.3 Å². The van der Waals surface area contributed by atoms with Crippen molar-refractivity contribution in [2.75, 3.05) is 19.5 Å². The summed E-state index contributed by atoms with van der Waals surface area (Å²) in [5.41, 5.74) is 0.996. The van der Waals surface area contributed by atoms with Crippen molar-refractivity contribution in [2.24, 2.45) is 0 Å². The highest BCUT2D eigenvalue weighted by atomic mass is 32.1. The molecule has 0 radical (unpaired) electrons. The molecule has 0 saturated carbocycles. The van der Waals surface area contributed by atoms with Gasteiger partial charge in [0.15, 0.2) is 0 Å². The van der Waals surface area contributed by atoms with E-state index in [1.165, 1.54) is 14.2 Å². The maximum atomic E-state index is 11.4. The molecular formula is C8H10N4O2S. The Morgan fingerprint density at radius 3 is 2.93 bits per heavy atom. The maximum Gasteiger partial charge on any atom is 0.346 e. The topological polar surface area (TPSA) is 78.2 Å². The average Bonchev–Trinajstić information content (AvgIpc) is 2.57. The predicted molar refractivity (Wildman–Crippen MR) is 55.4 cm³/mol. The molecule has 0 aliphatic carbocycles. The maximum absolute atomic E-state index is 11.4. The molecule has 0 bridgehead atoms. The third kappa shape index (κ3) is 2.43. The SMILES string of the molecule is CON(C)C(=O)Nc1snc(C)c1C#N. The monoisotopic (exact) mass is 226 g/mol. The van der Waals surface area contributed by atoms with Gasteiger partial charge >= 0.3 is 6.03 Å². The van der Waals surface area contributed by atoms with Crippen LogP contribution in [0.4, 0.5) is 9.80 Å². The quantitative estimate of drug-likeness (QED) is 0.772. The number of hydrogen-bond donors (Lipinski definition) is 1. The molecular weight excluding hydrogens is 216 g/mol. The Labute approximate surface area is 91.2 Å². The van der Waals surface area contributed by atoms with Crippen LogP contribution in [0.3, 0.4) is 0 Å². The minimum absolute atomic E-state index is 0.387. The standard InChI is InChI=1S/C8H10N4O2S/c1-5-6(4-9)7(15-11-5)10-8(13)12(2)14-3/h1-3H3,(H,10,13). The Morgan fingerprint density at radius 2 is 2.40 bits per heavy atom. The van der Waals surface area contributed by atoms with Gasteiger partial charge in [0.25, 0.3) is 0 Å². The van der Waals surface area contributed by atoms with Crippen LogP contribution in [0.5, 0.6) is 0 Å². The molecule has 0 aromatic carbocycles. The summed E-state index contributed by atoms with van der Waals surface area (Å²) in [5, 5.41) is 12.8. The van der Waals surface area contributed by atoms with E-state index >= 15 is 0 Å². The van der Waals surface area contributed by atoms with Crippen LogP contribution in [0.1, 0.15) is 11.3 Å². The molecule has 0 fully saturated rings. The fourth-order valence-electron chi connectivity index (χ4n) is 0.845. The Balaban J connectivity index is 2.82. The Kier molecular flexibility index (Phi) is 3.60. The van der Waals surface area contributed by atoms with Crippen LogP contribution in [-0.2, 0) is 4.84 Å². The number of amides is 2. The number of carbonyl (C=O) groups is 1. The van der Waals surface area contributed by atoms with Gasteiger partial charge in [-0.05, 0) is 18.5 Å². The molecule has 0 saturated heterocycles. The predicted octanol–water partition coefficient (Wildman–Crippen LogP) is 1.35. The lowest BCUT2D eigenvalue weighted by Gasteiger charge is -2.13. The van der Waals surface area contributed by atoms with Crippen LogP contribution >= 0.6 is 11.5 Å². The van der Waals surface area contributed by atoms with E-state index in [4.69, 9.17) is 5.26 Å². The molecule has 1 N–H and O–H groups in total. The number of anilines is 1. The summed E-state index contributed by atoms with van der Waals surface area (Å²) in [6.45, 7) is 1.71. The van der Waals surface area contributed by atoms with E-state index in [0.717, 1.165) is 16.6 Å². The molecule has 0 atom stereocenters. The van der Waals surface area contributed by atoms with Crippen LogP contribution in [0.15, 0.2) is 0 Å². The summed E-state index contributed by atoms with van der Waals surface area (Å²) in [6.07, 6.45) is 0. The number of rotatable bonds is 2. The number of hydrogen-bond acceptors (Lipinski definition) is 5. The fourth-order valence-corrected chi connectivity index (χ4v) is 1.58. The van der Waals surface area contributed by atoms with Crippen molar-refractivity contribution >= 4 is 22.6 Å². The Hall–Kier alpha value is -1.65. The molecule has 1 aromatic rings. The number of nitrogens with zero attached hydrogens (tertiary/aromatic N) is 3. The lowest BCUT2D eigenvalue weighted by Crippen LogP contribution is -2.30. The van der Waals surface area contributed by atoms with Gasteiger partial charge in [0, 0.05) is 7.05 Å². The minimum atomic E-state index is -0.447. The first-order chi connectivity index (χ1) is 7.10. The van der Waals surface area contributed by atoms with Crippen molar-refractivity contribution in [1.82, 2.24) is 9.44 Å². The van der Waals surface area contributed by atoms with Crippen LogP contribution in [0.25, 0.3) is 0 Å². The molecule has 7 heteroatoms. The summed E-state index contributed by atoms with van der Waals surface area (Å²) in [6, 6.07) is 1.53. The number of nitrogens with one attached hydrogen (secondary N) is 1. The van der Waals surface area contributed by atoms with Gasteiger partial charge < -0.3 is 0 Å². The minimum Gasteiger partial charge on any atom is -0.295 e. The third-order valence-electron chi connectivity index (χ3n) is 1.75. The molecule has 0 aliphatic rings. The van der Waals surface area contributed by atoms with Crippen LogP contribution in [0, 0.1) is 18.3 Å². The van der Waals surface area contributed by atoms with Gasteiger partial charge in [-0.25, -0.2) is 9.86 Å².